The van der Waals surface area contributed by atoms with Crippen molar-refractivity contribution in [3.8, 4) is 5.82 Å². The Labute approximate surface area is 93.7 Å². The van der Waals surface area contributed by atoms with Gasteiger partial charge in [0, 0.05) is 11.9 Å². The average molecular weight is 222 g/mol. The van der Waals surface area contributed by atoms with Crippen molar-refractivity contribution in [2.75, 3.05) is 0 Å². The lowest BCUT2D eigenvalue weighted by molar-refractivity contribution is 0.806. The molecule has 0 fully saturated rings. The molecular weight excluding hydrogens is 210 g/mol. The lowest BCUT2D eigenvalue weighted by atomic mass is 10.2. The molecule has 0 amide bonds. The van der Waals surface area contributed by atoms with E-state index in [1.807, 2.05) is 30.7 Å². The fraction of sp³-hybridized carbons (Fsp3) is 0.273. The molecule has 0 spiro atoms. The molecule has 0 atom stereocenters. The molecule has 0 aliphatic rings. The van der Waals surface area contributed by atoms with Crippen molar-refractivity contribution in [3.05, 3.63) is 40.3 Å². The van der Waals surface area contributed by atoms with Gasteiger partial charge in [0.1, 0.15) is 0 Å². The number of halogens is 1. The summed E-state index contributed by atoms with van der Waals surface area (Å²) in [6.45, 7) is 6.09. The molecule has 2 aromatic heterocycles. The van der Waals surface area contributed by atoms with Gasteiger partial charge >= 0.3 is 0 Å². The number of pyridine rings is 1. The van der Waals surface area contributed by atoms with Gasteiger partial charge in [0.05, 0.1) is 10.7 Å². The van der Waals surface area contributed by atoms with Gasteiger partial charge in [0.25, 0.3) is 0 Å². The first-order chi connectivity index (χ1) is 7.09. The van der Waals surface area contributed by atoms with Crippen LogP contribution < -0.4 is 0 Å². The fourth-order valence-corrected chi connectivity index (χ4v) is 1.55. The number of hydrogen-bond acceptors (Lipinski definition) is 2. The molecule has 2 aromatic rings. The molecule has 0 aliphatic carbocycles. The molecule has 2 heterocycles. The van der Waals surface area contributed by atoms with Crippen LogP contribution in [-0.2, 0) is 0 Å². The summed E-state index contributed by atoms with van der Waals surface area (Å²) in [7, 11) is 0. The van der Waals surface area contributed by atoms with E-state index in [4.69, 9.17) is 11.6 Å². The van der Waals surface area contributed by atoms with Gasteiger partial charge in [-0.05, 0) is 38.5 Å². The predicted molar refractivity (Wildman–Crippen MR) is 60.6 cm³/mol. The van der Waals surface area contributed by atoms with Crippen molar-refractivity contribution >= 4 is 11.6 Å². The number of rotatable bonds is 1. The molecule has 2 rings (SSSR count). The van der Waals surface area contributed by atoms with Crippen LogP contribution in [0.2, 0.25) is 5.02 Å². The quantitative estimate of drug-likeness (QED) is 0.742. The van der Waals surface area contributed by atoms with E-state index in [-0.39, 0.29) is 0 Å². The zero-order chi connectivity index (χ0) is 11.0. The van der Waals surface area contributed by atoms with Crippen LogP contribution in [0.25, 0.3) is 5.82 Å². The number of nitrogens with zero attached hydrogens (tertiary/aromatic N) is 3. The van der Waals surface area contributed by atoms with E-state index in [1.54, 1.807) is 6.20 Å². The predicted octanol–water partition coefficient (Wildman–Crippen LogP) is 2.85. The average Bonchev–Trinajstić information content (AvgIpc) is 2.47. The number of aryl methyl sites for hydroxylation is 1. The Hall–Kier alpha value is -1.35. The SMILES string of the molecule is Cc1nn(-c2ccc(Cl)cn2)c(C)c1C. The van der Waals surface area contributed by atoms with Crippen LogP contribution in [0, 0.1) is 20.8 Å². The molecule has 78 valence electrons. The second kappa shape index (κ2) is 3.66. The van der Waals surface area contributed by atoms with E-state index >= 15 is 0 Å². The topological polar surface area (TPSA) is 30.7 Å². The van der Waals surface area contributed by atoms with Crippen molar-refractivity contribution in [1.82, 2.24) is 14.8 Å². The van der Waals surface area contributed by atoms with Crippen LogP contribution >= 0.6 is 11.6 Å². The minimum Gasteiger partial charge on any atom is -0.236 e. The van der Waals surface area contributed by atoms with E-state index in [2.05, 4.69) is 17.0 Å². The van der Waals surface area contributed by atoms with Crippen molar-refractivity contribution in [3.63, 3.8) is 0 Å². The Bertz CT molecular complexity index is 485. The summed E-state index contributed by atoms with van der Waals surface area (Å²) >= 11 is 5.78. The number of hydrogen-bond donors (Lipinski definition) is 0. The first-order valence-corrected chi connectivity index (χ1v) is 5.12. The van der Waals surface area contributed by atoms with Crippen LogP contribution in [0.4, 0.5) is 0 Å². The standard InChI is InChI=1S/C11H12ClN3/c1-7-8(2)14-15(9(7)3)11-5-4-10(12)6-13-11/h4-6H,1-3H3. The van der Waals surface area contributed by atoms with Crippen LogP contribution in [0.3, 0.4) is 0 Å². The van der Waals surface area contributed by atoms with Crippen LogP contribution in [0.15, 0.2) is 18.3 Å². The van der Waals surface area contributed by atoms with E-state index in [0.29, 0.717) is 5.02 Å². The summed E-state index contributed by atoms with van der Waals surface area (Å²) in [5.74, 6) is 0.799. The second-order valence-electron chi connectivity index (χ2n) is 3.54. The maximum absolute atomic E-state index is 5.78. The first kappa shape index (κ1) is 10.2. The lowest BCUT2D eigenvalue weighted by Crippen LogP contribution is -2.01. The Kier molecular flexibility index (Phi) is 2.49. The largest absolute Gasteiger partial charge is 0.236 e. The smallest absolute Gasteiger partial charge is 0.153 e. The van der Waals surface area contributed by atoms with Crippen LogP contribution in [0.5, 0.6) is 0 Å². The Balaban J connectivity index is 2.54. The second-order valence-corrected chi connectivity index (χ2v) is 3.98. The van der Waals surface area contributed by atoms with Gasteiger partial charge in [0.15, 0.2) is 5.82 Å². The molecule has 0 bridgehead atoms. The highest BCUT2D eigenvalue weighted by atomic mass is 35.5. The lowest BCUT2D eigenvalue weighted by Gasteiger charge is -2.02. The molecule has 0 aromatic carbocycles. The Morgan fingerprint density at radius 2 is 1.93 bits per heavy atom. The summed E-state index contributed by atoms with van der Waals surface area (Å²) in [4.78, 5) is 4.23. The highest BCUT2D eigenvalue weighted by Crippen LogP contribution is 2.16. The van der Waals surface area contributed by atoms with E-state index in [9.17, 15) is 0 Å². The van der Waals surface area contributed by atoms with Gasteiger partial charge in [-0.15, -0.1) is 0 Å². The third-order valence-electron chi connectivity index (χ3n) is 2.58. The summed E-state index contributed by atoms with van der Waals surface area (Å²) in [6, 6.07) is 3.68. The molecule has 4 heteroatoms. The third kappa shape index (κ3) is 1.75. The summed E-state index contributed by atoms with van der Waals surface area (Å²) in [5, 5.41) is 5.06. The van der Waals surface area contributed by atoms with Crippen molar-refractivity contribution in [1.29, 1.82) is 0 Å². The van der Waals surface area contributed by atoms with Crippen molar-refractivity contribution < 1.29 is 0 Å². The van der Waals surface area contributed by atoms with Gasteiger partial charge in [-0.25, -0.2) is 9.67 Å². The maximum Gasteiger partial charge on any atom is 0.153 e. The fourth-order valence-electron chi connectivity index (χ4n) is 1.44. The molecule has 15 heavy (non-hydrogen) atoms. The first-order valence-electron chi connectivity index (χ1n) is 4.74. The van der Waals surface area contributed by atoms with Crippen LogP contribution in [0.1, 0.15) is 17.0 Å². The highest BCUT2D eigenvalue weighted by Gasteiger charge is 2.09. The monoisotopic (exact) mass is 221 g/mol. The molecular formula is C11H12ClN3. The van der Waals surface area contributed by atoms with Gasteiger partial charge in [-0.1, -0.05) is 11.6 Å². The Morgan fingerprint density at radius 1 is 1.20 bits per heavy atom. The maximum atomic E-state index is 5.78. The summed E-state index contributed by atoms with van der Waals surface area (Å²) in [5.41, 5.74) is 3.35. The van der Waals surface area contributed by atoms with Gasteiger partial charge in [-0.3, -0.25) is 0 Å². The normalized spacial score (nSPS) is 10.7. The van der Waals surface area contributed by atoms with E-state index in [0.717, 1.165) is 17.2 Å². The molecule has 0 N–H and O–H groups in total. The van der Waals surface area contributed by atoms with Crippen molar-refractivity contribution in [2.45, 2.75) is 20.8 Å². The summed E-state index contributed by atoms with van der Waals surface area (Å²) < 4.78 is 1.83. The van der Waals surface area contributed by atoms with Gasteiger partial charge < -0.3 is 0 Å². The minimum atomic E-state index is 0.636. The Morgan fingerprint density at radius 3 is 2.40 bits per heavy atom. The van der Waals surface area contributed by atoms with E-state index < -0.39 is 0 Å². The van der Waals surface area contributed by atoms with Gasteiger partial charge in [-0.2, -0.15) is 5.10 Å². The van der Waals surface area contributed by atoms with E-state index in [1.165, 1.54) is 5.56 Å². The molecule has 0 aliphatic heterocycles. The zero-order valence-corrected chi connectivity index (χ0v) is 9.71. The third-order valence-corrected chi connectivity index (χ3v) is 2.81. The van der Waals surface area contributed by atoms with Crippen LogP contribution in [-0.4, -0.2) is 14.8 Å². The molecule has 0 saturated heterocycles. The molecule has 0 radical (unpaired) electrons. The number of aromatic nitrogens is 3. The summed E-state index contributed by atoms with van der Waals surface area (Å²) in [6.07, 6.45) is 1.63. The molecule has 0 saturated carbocycles. The van der Waals surface area contributed by atoms with Crippen molar-refractivity contribution in [2.24, 2.45) is 0 Å². The minimum absolute atomic E-state index is 0.636. The highest BCUT2D eigenvalue weighted by molar-refractivity contribution is 6.30. The molecule has 0 unspecified atom stereocenters. The zero-order valence-electron chi connectivity index (χ0n) is 8.95. The van der Waals surface area contributed by atoms with Gasteiger partial charge in [0.2, 0.25) is 0 Å². The molecule has 3 nitrogen and oxygen atoms in total.